The fourth-order valence-corrected chi connectivity index (χ4v) is 4.05. The number of hydrogen-bond acceptors (Lipinski definition) is 6. The molecular weight excluding hydrogens is 452 g/mol. The highest BCUT2D eigenvalue weighted by atomic mass is 16.6. The first kappa shape index (κ1) is 23.4. The van der Waals surface area contributed by atoms with Crippen molar-refractivity contribution in [2.45, 2.75) is 12.0 Å². The molecule has 3 aromatic rings. The molecule has 10 heteroatoms. The molecule has 0 unspecified atom stereocenters. The Kier molecular flexibility index (Phi) is 6.45. The summed E-state index contributed by atoms with van der Waals surface area (Å²) < 4.78 is 5.15. The molecule has 2 N–H and O–H groups in total. The molecule has 35 heavy (non-hydrogen) atoms. The Hall–Kier alpha value is -4.73. The zero-order valence-corrected chi connectivity index (χ0v) is 18.8. The Balaban J connectivity index is 1.60. The molecule has 0 aromatic heterocycles. The van der Waals surface area contributed by atoms with Crippen LogP contribution in [0.4, 0.5) is 16.2 Å². The number of amides is 4. The van der Waals surface area contributed by atoms with Gasteiger partial charge in [0.25, 0.3) is 11.6 Å². The van der Waals surface area contributed by atoms with Gasteiger partial charge in [-0.1, -0.05) is 60.7 Å². The van der Waals surface area contributed by atoms with Gasteiger partial charge in [0.1, 0.15) is 12.3 Å². The lowest BCUT2D eigenvalue weighted by molar-refractivity contribution is -0.384. The molecule has 0 radical (unpaired) electrons. The molecule has 1 heterocycles. The summed E-state index contributed by atoms with van der Waals surface area (Å²) in [5, 5.41) is 16.4. The van der Waals surface area contributed by atoms with Gasteiger partial charge in [0.2, 0.25) is 5.91 Å². The average Bonchev–Trinajstić information content (AvgIpc) is 3.10. The Morgan fingerprint density at radius 3 is 2.34 bits per heavy atom. The van der Waals surface area contributed by atoms with Crippen molar-refractivity contribution in [2.24, 2.45) is 0 Å². The number of nitro groups is 1. The number of imide groups is 1. The van der Waals surface area contributed by atoms with E-state index >= 15 is 0 Å². The van der Waals surface area contributed by atoms with E-state index in [1.165, 1.54) is 19.2 Å². The molecule has 3 aromatic carbocycles. The molecular formula is C25H22N4O6. The summed E-state index contributed by atoms with van der Waals surface area (Å²) in [5.41, 5.74) is -0.161. The fourth-order valence-electron chi connectivity index (χ4n) is 4.05. The van der Waals surface area contributed by atoms with E-state index in [0.717, 1.165) is 16.5 Å². The van der Waals surface area contributed by atoms with E-state index in [-0.39, 0.29) is 23.5 Å². The Labute approximate surface area is 200 Å². The molecule has 0 saturated carbocycles. The lowest BCUT2D eigenvalue weighted by Crippen LogP contribution is -2.46. The minimum absolute atomic E-state index is 0.0531. The van der Waals surface area contributed by atoms with Crippen LogP contribution in [-0.4, -0.2) is 41.3 Å². The van der Waals surface area contributed by atoms with Gasteiger partial charge in [-0.25, -0.2) is 4.79 Å². The number of anilines is 1. The van der Waals surface area contributed by atoms with Crippen LogP contribution in [0.3, 0.4) is 0 Å². The van der Waals surface area contributed by atoms with Crippen LogP contribution in [0.1, 0.15) is 11.1 Å². The molecule has 0 spiro atoms. The summed E-state index contributed by atoms with van der Waals surface area (Å²) in [5.74, 6) is -1.08. The van der Waals surface area contributed by atoms with Gasteiger partial charge in [0.05, 0.1) is 17.7 Å². The quantitative estimate of drug-likeness (QED) is 0.293. The Bertz CT molecular complexity index is 1280. The number of nitrogens with one attached hydrogen (secondary N) is 2. The number of nitrogens with zero attached hydrogens (tertiary/aromatic N) is 2. The van der Waals surface area contributed by atoms with Crippen LogP contribution in [0.2, 0.25) is 0 Å². The second kappa shape index (κ2) is 9.64. The topological polar surface area (TPSA) is 131 Å². The minimum atomic E-state index is -1.39. The Morgan fingerprint density at radius 1 is 1.06 bits per heavy atom. The molecule has 0 aliphatic carbocycles. The summed E-state index contributed by atoms with van der Waals surface area (Å²) in [6, 6.07) is 21.1. The second-order valence-corrected chi connectivity index (χ2v) is 7.95. The summed E-state index contributed by atoms with van der Waals surface area (Å²) in [6.45, 7) is -0.583. The molecule has 4 amide bonds. The minimum Gasteiger partial charge on any atom is -0.495 e. The van der Waals surface area contributed by atoms with Crippen LogP contribution >= 0.6 is 0 Å². The zero-order chi connectivity index (χ0) is 25.0. The SMILES string of the molecule is COc1ccc([N+](=O)[O-])cc1NC(=O)CN1C(=O)N[C@](Cc2ccccc2)(c2ccccc2)C1=O. The van der Waals surface area contributed by atoms with Crippen molar-refractivity contribution in [3.63, 3.8) is 0 Å². The van der Waals surface area contributed by atoms with Crippen LogP contribution in [0.25, 0.3) is 0 Å². The van der Waals surface area contributed by atoms with Crippen LogP contribution in [0, 0.1) is 10.1 Å². The van der Waals surface area contributed by atoms with Gasteiger partial charge >= 0.3 is 6.03 Å². The number of non-ortho nitro benzene ring substituents is 1. The van der Waals surface area contributed by atoms with E-state index in [1.54, 1.807) is 30.3 Å². The fraction of sp³-hybridized carbons (Fsp3) is 0.160. The van der Waals surface area contributed by atoms with E-state index in [4.69, 9.17) is 4.74 Å². The highest BCUT2D eigenvalue weighted by Gasteiger charge is 2.52. The molecule has 0 bridgehead atoms. The van der Waals surface area contributed by atoms with Gasteiger partial charge in [-0.2, -0.15) is 0 Å². The standard InChI is InChI=1S/C25H22N4O6/c1-35-21-13-12-19(29(33)34)14-20(21)26-22(30)16-28-23(31)25(27-24(28)32,18-10-6-3-7-11-18)15-17-8-4-2-5-9-17/h2-14H,15-16H2,1H3,(H,26,30)(H,27,32)/t25-/m1/s1. The first-order valence-electron chi connectivity index (χ1n) is 10.7. The zero-order valence-electron chi connectivity index (χ0n) is 18.8. The molecule has 10 nitrogen and oxygen atoms in total. The maximum Gasteiger partial charge on any atom is 0.325 e. The largest absolute Gasteiger partial charge is 0.495 e. The molecule has 1 aliphatic heterocycles. The third-order valence-electron chi connectivity index (χ3n) is 5.72. The van der Waals surface area contributed by atoms with Crippen LogP contribution < -0.4 is 15.4 Å². The third kappa shape index (κ3) is 4.67. The number of urea groups is 1. The normalized spacial score (nSPS) is 17.1. The van der Waals surface area contributed by atoms with Crippen molar-refractivity contribution in [1.82, 2.24) is 10.2 Å². The lowest BCUT2D eigenvalue weighted by Gasteiger charge is -2.27. The summed E-state index contributed by atoms with van der Waals surface area (Å²) in [4.78, 5) is 50.7. The number of carbonyl (C=O) groups is 3. The number of benzene rings is 3. The average molecular weight is 474 g/mol. The van der Waals surface area contributed by atoms with Gasteiger partial charge in [-0.3, -0.25) is 24.6 Å². The Morgan fingerprint density at radius 2 is 1.71 bits per heavy atom. The monoisotopic (exact) mass is 474 g/mol. The molecule has 1 saturated heterocycles. The number of hydrogen-bond donors (Lipinski definition) is 2. The summed E-state index contributed by atoms with van der Waals surface area (Å²) in [6.07, 6.45) is 0.194. The van der Waals surface area contributed by atoms with Crippen molar-refractivity contribution in [1.29, 1.82) is 0 Å². The number of ether oxygens (including phenoxy) is 1. The van der Waals surface area contributed by atoms with Crippen molar-refractivity contribution in [3.8, 4) is 5.75 Å². The summed E-state index contributed by atoms with van der Waals surface area (Å²) in [7, 11) is 1.35. The highest BCUT2D eigenvalue weighted by molar-refractivity contribution is 6.10. The molecule has 178 valence electrons. The highest BCUT2D eigenvalue weighted by Crippen LogP contribution is 2.33. The van der Waals surface area contributed by atoms with Crippen LogP contribution in [-0.2, 0) is 21.5 Å². The number of methoxy groups -OCH3 is 1. The molecule has 1 atom stereocenters. The van der Waals surface area contributed by atoms with Crippen LogP contribution in [0.5, 0.6) is 5.75 Å². The van der Waals surface area contributed by atoms with Crippen molar-refractivity contribution < 1.29 is 24.0 Å². The molecule has 1 fully saturated rings. The van der Waals surface area contributed by atoms with Gasteiger partial charge in [-0.15, -0.1) is 0 Å². The van der Waals surface area contributed by atoms with Gasteiger partial charge < -0.3 is 15.4 Å². The van der Waals surface area contributed by atoms with Gasteiger partial charge in [0, 0.05) is 18.6 Å². The molecule has 1 aliphatic rings. The smallest absolute Gasteiger partial charge is 0.325 e. The van der Waals surface area contributed by atoms with Crippen molar-refractivity contribution >= 4 is 29.2 Å². The number of carbonyl (C=O) groups excluding carboxylic acids is 3. The number of rotatable bonds is 8. The maximum atomic E-state index is 13.6. The first-order chi connectivity index (χ1) is 16.8. The summed E-state index contributed by atoms with van der Waals surface area (Å²) >= 11 is 0. The maximum absolute atomic E-state index is 13.6. The van der Waals surface area contributed by atoms with E-state index in [1.807, 2.05) is 30.3 Å². The second-order valence-electron chi connectivity index (χ2n) is 7.95. The first-order valence-corrected chi connectivity index (χ1v) is 10.7. The van der Waals surface area contributed by atoms with Gasteiger partial charge in [-0.05, 0) is 17.2 Å². The van der Waals surface area contributed by atoms with Crippen molar-refractivity contribution in [2.75, 3.05) is 19.0 Å². The molecule has 4 rings (SSSR count). The van der Waals surface area contributed by atoms with E-state index in [2.05, 4.69) is 10.6 Å². The van der Waals surface area contributed by atoms with Crippen molar-refractivity contribution in [3.05, 3.63) is 100 Å². The van der Waals surface area contributed by atoms with E-state index < -0.39 is 34.9 Å². The predicted octanol–water partition coefficient (Wildman–Crippen LogP) is 3.23. The van der Waals surface area contributed by atoms with E-state index in [9.17, 15) is 24.5 Å². The van der Waals surface area contributed by atoms with E-state index in [0.29, 0.717) is 5.56 Å². The van der Waals surface area contributed by atoms with Crippen LogP contribution in [0.15, 0.2) is 78.9 Å². The van der Waals surface area contributed by atoms with Gasteiger partial charge in [0.15, 0.2) is 5.54 Å². The lowest BCUT2D eigenvalue weighted by atomic mass is 9.83. The number of nitro benzene ring substituents is 1. The third-order valence-corrected chi connectivity index (χ3v) is 5.72. The predicted molar refractivity (Wildman–Crippen MR) is 127 cm³/mol.